The highest BCUT2D eigenvalue weighted by Gasteiger charge is 2.32. The van der Waals surface area contributed by atoms with Crippen LogP contribution < -0.4 is 0 Å². The van der Waals surface area contributed by atoms with Crippen LogP contribution in [0, 0.1) is 11.8 Å². The monoisotopic (exact) mass is 354 g/mol. The Balaban J connectivity index is 1.91. The molecule has 0 saturated heterocycles. The van der Waals surface area contributed by atoms with Crippen molar-refractivity contribution in [2.45, 2.75) is 39.9 Å². The summed E-state index contributed by atoms with van der Waals surface area (Å²) in [5, 5.41) is 0. The molecule has 2 atom stereocenters. The van der Waals surface area contributed by atoms with Gasteiger partial charge in [0.2, 0.25) is 0 Å². The van der Waals surface area contributed by atoms with E-state index in [0.29, 0.717) is 6.42 Å². The van der Waals surface area contributed by atoms with Crippen LogP contribution in [-0.2, 0) is 32.3 Å². The van der Waals surface area contributed by atoms with Crippen LogP contribution in [0.1, 0.15) is 37.8 Å². The molecule has 0 amide bonds. The topological polar surface area (TPSA) is 52.6 Å². The third-order valence-corrected chi connectivity index (χ3v) is 4.33. The van der Waals surface area contributed by atoms with Gasteiger partial charge < -0.3 is 9.47 Å². The molecule has 0 N–H and O–H groups in total. The fraction of sp³-hybridized carbons (Fsp3) is 0.364. The number of benzene rings is 2. The molecule has 0 radical (unpaired) electrons. The molecule has 2 aromatic carbocycles. The largest absolute Gasteiger partial charge is 0.461 e. The number of ether oxygens (including phenoxy) is 2. The van der Waals surface area contributed by atoms with Gasteiger partial charge in [0.25, 0.3) is 0 Å². The molecule has 0 aliphatic rings. The highest BCUT2D eigenvalue weighted by atomic mass is 16.5. The summed E-state index contributed by atoms with van der Waals surface area (Å²) >= 11 is 0. The van der Waals surface area contributed by atoms with E-state index in [1.54, 1.807) is 6.92 Å². The van der Waals surface area contributed by atoms with Crippen LogP contribution >= 0.6 is 0 Å². The van der Waals surface area contributed by atoms with Crippen LogP contribution in [0.4, 0.5) is 0 Å². The van der Waals surface area contributed by atoms with Gasteiger partial charge in [0.15, 0.2) is 0 Å². The molecule has 4 heteroatoms. The Kier molecular flexibility index (Phi) is 7.87. The molecule has 0 bridgehead atoms. The van der Waals surface area contributed by atoms with E-state index in [1.165, 1.54) is 0 Å². The van der Waals surface area contributed by atoms with Gasteiger partial charge in [-0.3, -0.25) is 9.59 Å². The van der Waals surface area contributed by atoms with Crippen molar-refractivity contribution in [3.8, 4) is 0 Å². The standard InChI is InChI=1S/C22H26O4/c1-3-10-20(22(24)26-16-19-13-8-5-9-14-19)17(2)21(23)25-15-18-11-6-4-7-12-18/h4-9,11-14,17,20H,3,10,15-16H2,1-2H3. The Morgan fingerprint density at radius 1 is 0.808 bits per heavy atom. The number of hydrogen-bond acceptors (Lipinski definition) is 4. The second-order valence-electron chi connectivity index (χ2n) is 6.37. The van der Waals surface area contributed by atoms with E-state index >= 15 is 0 Å². The van der Waals surface area contributed by atoms with E-state index in [0.717, 1.165) is 17.5 Å². The maximum Gasteiger partial charge on any atom is 0.310 e. The average molecular weight is 354 g/mol. The van der Waals surface area contributed by atoms with Gasteiger partial charge >= 0.3 is 11.9 Å². The Bertz CT molecular complexity index is 682. The Labute approximate surface area is 155 Å². The second-order valence-corrected chi connectivity index (χ2v) is 6.37. The molecule has 0 aromatic heterocycles. The lowest BCUT2D eigenvalue weighted by Gasteiger charge is -2.21. The first kappa shape index (κ1) is 19.7. The molecule has 0 spiro atoms. The third kappa shape index (κ3) is 6.03. The first-order valence-corrected chi connectivity index (χ1v) is 9.03. The molecular formula is C22H26O4. The highest BCUT2D eigenvalue weighted by molar-refractivity contribution is 5.81. The zero-order chi connectivity index (χ0) is 18.8. The summed E-state index contributed by atoms with van der Waals surface area (Å²) in [7, 11) is 0. The maximum absolute atomic E-state index is 12.5. The Hall–Kier alpha value is -2.62. The summed E-state index contributed by atoms with van der Waals surface area (Å²) in [6.07, 6.45) is 1.39. The molecule has 2 rings (SSSR count). The molecule has 0 fully saturated rings. The molecular weight excluding hydrogens is 328 g/mol. The molecule has 0 aliphatic carbocycles. The van der Waals surface area contributed by atoms with Crippen molar-refractivity contribution < 1.29 is 19.1 Å². The van der Waals surface area contributed by atoms with Gasteiger partial charge in [0, 0.05) is 0 Å². The summed E-state index contributed by atoms with van der Waals surface area (Å²) in [4.78, 5) is 24.9. The van der Waals surface area contributed by atoms with Crippen molar-refractivity contribution in [2.24, 2.45) is 11.8 Å². The van der Waals surface area contributed by atoms with Gasteiger partial charge in [-0.25, -0.2) is 0 Å². The van der Waals surface area contributed by atoms with Gasteiger partial charge in [-0.2, -0.15) is 0 Å². The number of carbonyl (C=O) groups is 2. The third-order valence-electron chi connectivity index (χ3n) is 4.33. The fourth-order valence-electron chi connectivity index (χ4n) is 2.74. The summed E-state index contributed by atoms with van der Waals surface area (Å²) in [6.45, 7) is 4.14. The lowest BCUT2D eigenvalue weighted by Crippen LogP contribution is -2.30. The lowest BCUT2D eigenvalue weighted by molar-refractivity contribution is -0.162. The summed E-state index contributed by atoms with van der Waals surface area (Å²) in [5.41, 5.74) is 1.85. The fourth-order valence-corrected chi connectivity index (χ4v) is 2.74. The minimum absolute atomic E-state index is 0.210. The second kappa shape index (κ2) is 10.4. The van der Waals surface area contributed by atoms with Crippen molar-refractivity contribution in [3.63, 3.8) is 0 Å². The van der Waals surface area contributed by atoms with Crippen LogP contribution in [0.2, 0.25) is 0 Å². The van der Waals surface area contributed by atoms with Crippen LogP contribution in [0.3, 0.4) is 0 Å². The molecule has 2 unspecified atom stereocenters. The summed E-state index contributed by atoms with van der Waals surface area (Å²) in [6, 6.07) is 19.0. The minimum Gasteiger partial charge on any atom is -0.461 e. The maximum atomic E-state index is 12.5. The van der Waals surface area contributed by atoms with Crippen molar-refractivity contribution in [3.05, 3.63) is 71.8 Å². The number of carbonyl (C=O) groups excluding carboxylic acids is 2. The van der Waals surface area contributed by atoms with Crippen molar-refractivity contribution >= 4 is 11.9 Å². The van der Waals surface area contributed by atoms with Gasteiger partial charge in [0.1, 0.15) is 13.2 Å². The van der Waals surface area contributed by atoms with Gasteiger partial charge in [-0.15, -0.1) is 0 Å². The van der Waals surface area contributed by atoms with Gasteiger partial charge in [-0.05, 0) is 17.5 Å². The minimum atomic E-state index is -0.540. The van der Waals surface area contributed by atoms with Crippen LogP contribution in [0.15, 0.2) is 60.7 Å². The molecule has 2 aromatic rings. The van der Waals surface area contributed by atoms with Crippen molar-refractivity contribution in [2.75, 3.05) is 0 Å². The molecule has 0 heterocycles. The molecule has 0 saturated carbocycles. The van der Waals surface area contributed by atoms with Crippen molar-refractivity contribution in [1.29, 1.82) is 0 Å². The number of rotatable bonds is 9. The zero-order valence-electron chi connectivity index (χ0n) is 15.4. The van der Waals surface area contributed by atoms with E-state index in [-0.39, 0.29) is 25.2 Å². The highest BCUT2D eigenvalue weighted by Crippen LogP contribution is 2.22. The van der Waals surface area contributed by atoms with Gasteiger partial charge in [-0.1, -0.05) is 80.9 Å². The summed E-state index contributed by atoms with van der Waals surface area (Å²) in [5.74, 6) is -1.75. The smallest absolute Gasteiger partial charge is 0.310 e. The predicted molar refractivity (Wildman–Crippen MR) is 100 cm³/mol. The summed E-state index contributed by atoms with van der Waals surface area (Å²) < 4.78 is 10.8. The van der Waals surface area contributed by atoms with Gasteiger partial charge in [0.05, 0.1) is 11.8 Å². The first-order chi connectivity index (χ1) is 12.6. The van der Waals surface area contributed by atoms with E-state index in [2.05, 4.69) is 0 Å². The Morgan fingerprint density at radius 2 is 1.27 bits per heavy atom. The predicted octanol–water partition coefficient (Wildman–Crippen LogP) is 4.53. The Morgan fingerprint density at radius 3 is 1.73 bits per heavy atom. The number of esters is 2. The van der Waals surface area contributed by atoms with E-state index in [1.807, 2.05) is 67.6 Å². The molecule has 138 valence electrons. The van der Waals surface area contributed by atoms with Crippen LogP contribution in [-0.4, -0.2) is 11.9 Å². The lowest BCUT2D eigenvalue weighted by atomic mass is 9.90. The molecule has 0 aliphatic heterocycles. The SMILES string of the molecule is CCCC(C(=O)OCc1ccccc1)C(C)C(=O)OCc1ccccc1. The number of hydrogen-bond donors (Lipinski definition) is 0. The quantitative estimate of drug-likeness (QED) is 0.621. The van der Waals surface area contributed by atoms with E-state index in [9.17, 15) is 9.59 Å². The normalized spacial score (nSPS) is 12.8. The zero-order valence-corrected chi connectivity index (χ0v) is 15.4. The molecule has 4 nitrogen and oxygen atoms in total. The van der Waals surface area contributed by atoms with Crippen LogP contribution in [0.25, 0.3) is 0 Å². The first-order valence-electron chi connectivity index (χ1n) is 9.03. The van der Waals surface area contributed by atoms with E-state index in [4.69, 9.17) is 9.47 Å². The van der Waals surface area contributed by atoms with Crippen LogP contribution in [0.5, 0.6) is 0 Å². The van der Waals surface area contributed by atoms with Crippen molar-refractivity contribution in [1.82, 2.24) is 0 Å². The average Bonchev–Trinajstić information content (AvgIpc) is 2.69. The molecule has 26 heavy (non-hydrogen) atoms. The van der Waals surface area contributed by atoms with E-state index < -0.39 is 11.8 Å².